The van der Waals surface area contributed by atoms with Gasteiger partial charge in [0.05, 0.1) is 18.2 Å². The van der Waals surface area contributed by atoms with Crippen LogP contribution in [0, 0.1) is 0 Å². The first-order valence-corrected chi connectivity index (χ1v) is 13.1. The number of hydrogen-bond donors (Lipinski definition) is 4. The third kappa shape index (κ3) is 9.46. The van der Waals surface area contributed by atoms with Gasteiger partial charge in [0.15, 0.2) is 6.10 Å². The maximum atomic E-state index is 11.3. The number of nitrogens with one attached hydrogen (secondary N) is 1. The molecular weight excluding hydrogens is 591 g/mol. The van der Waals surface area contributed by atoms with Crippen LogP contribution in [0.5, 0.6) is 17.2 Å². The Kier molecular flexibility index (Phi) is 13.6. The van der Waals surface area contributed by atoms with E-state index in [4.69, 9.17) is 21.1 Å². The van der Waals surface area contributed by atoms with Gasteiger partial charge < -0.3 is 30.1 Å². The molecule has 0 bridgehead atoms. The predicted octanol–water partition coefficient (Wildman–Crippen LogP) is 5.99. The average molecular weight is 624 g/mol. The standard InChI is InChI=1S/C30H31ClN2O6.2ClH/c1-2-28(30(36)37)39-24-10-11-25-26(16-24)32-13-12-29(25)38-23-8-6-19(7-9-23)14-22(18-34)33-17-27(35)20-4-3-5-21(31)15-20;;/h3-13,15-16,22,27-28,33-35H,2,14,17-18H2,1H3,(H,36,37);2*1H/t22-,27-,28?;;/m0../s1. The quantitative estimate of drug-likeness (QED) is 0.143. The number of ether oxygens (including phenoxy) is 2. The van der Waals surface area contributed by atoms with Crippen LogP contribution < -0.4 is 14.8 Å². The molecule has 0 fully saturated rings. The van der Waals surface area contributed by atoms with E-state index in [1.54, 1.807) is 55.6 Å². The van der Waals surface area contributed by atoms with Crippen molar-refractivity contribution in [3.05, 3.63) is 95.1 Å². The summed E-state index contributed by atoms with van der Waals surface area (Å²) in [5, 5.41) is 34.1. The number of carboxylic acid groups (broad SMARTS) is 1. The van der Waals surface area contributed by atoms with E-state index in [1.165, 1.54) is 0 Å². The number of aliphatic hydroxyl groups excluding tert-OH is 2. The van der Waals surface area contributed by atoms with E-state index in [1.807, 2.05) is 30.3 Å². The van der Waals surface area contributed by atoms with Gasteiger partial charge in [-0.25, -0.2) is 4.79 Å². The SMILES string of the molecule is CCC(Oc1ccc2c(Oc3ccc(C[C@@H](CO)NC[C@H](O)c4cccc(Cl)c4)cc3)ccnc2c1)C(=O)O.Cl.Cl. The predicted molar refractivity (Wildman–Crippen MR) is 164 cm³/mol. The number of pyridine rings is 1. The largest absolute Gasteiger partial charge is 0.479 e. The number of carbonyl (C=O) groups is 1. The van der Waals surface area contributed by atoms with Crippen LogP contribution in [0.25, 0.3) is 10.9 Å². The second-order valence-electron chi connectivity index (χ2n) is 9.15. The molecule has 0 aliphatic heterocycles. The number of fused-ring (bicyclic) bond motifs is 1. The molecule has 0 saturated carbocycles. The molecule has 0 aliphatic carbocycles. The van der Waals surface area contributed by atoms with Crippen LogP contribution in [-0.4, -0.2) is 51.6 Å². The van der Waals surface area contributed by atoms with Crippen LogP contribution in [0.15, 0.2) is 79.0 Å². The first-order valence-electron chi connectivity index (χ1n) is 12.7. The van der Waals surface area contributed by atoms with Crippen LogP contribution >= 0.6 is 36.4 Å². The second-order valence-corrected chi connectivity index (χ2v) is 9.59. The van der Waals surface area contributed by atoms with Gasteiger partial charge in [0.25, 0.3) is 0 Å². The zero-order valence-corrected chi connectivity index (χ0v) is 24.7. The Bertz CT molecular complexity index is 1410. The normalized spacial score (nSPS) is 12.9. The summed E-state index contributed by atoms with van der Waals surface area (Å²) in [6, 6.07) is 21.4. The molecule has 3 atom stereocenters. The Hall–Kier alpha value is -3.11. The van der Waals surface area contributed by atoms with E-state index in [2.05, 4.69) is 10.3 Å². The molecule has 0 amide bonds. The fourth-order valence-electron chi connectivity index (χ4n) is 4.15. The minimum Gasteiger partial charge on any atom is -0.479 e. The molecule has 0 saturated heterocycles. The van der Waals surface area contributed by atoms with Crippen molar-refractivity contribution in [2.75, 3.05) is 13.2 Å². The Labute approximate surface area is 256 Å². The summed E-state index contributed by atoms with van der Waals surface area (Å²) in [7, 11) is 0. The van der Waals surface area contributed by atoms with E-state index >= 15 is 0 Å². The third-order valence-electron chi connectivity index (χ3n) is 6.29. The molecule has 4 rings (SSSR count). The summed E-state index contributed by atoms with van der Waals surface area (Å²) in [5.74, 6) is 0.656. The first kappa shape index (κ1) is 34.1. The number of aliphatic hydroxyl groups is 2. The maximum Gasteiger partial charge on any atom is 0.344 e. The van der Waals surface area contributed by atoms with Crippen molar-refractivity contribution < 1.29 is 29.6 Å². The number of carboxylic acids is 1. The lowest BCUT2D eigenvalue weighted by atomic mass is 10.0. The van der Waals surface area contributed by atoms with E-state index in [0.29, 0.717) is 46.2 Å². The summed E-state index contributed by atoms with van der Waals surface area (Å²) in [5.41, 5.74) is 2.33. The van der Waals surface area contributed by atoms with Crippen LogP contribution in [0.4, 0.5) is 0 Å². The monoisotopic (exact) mass is 622 g/mol. The smallest absolute Gasteiger partial charge is 0.344 e. The maximum absolute atomic E-state index is 11.3. The third-order valence-corrected chi connectivity index (χ3v) is 6.52. The summed E-state index contributed by atoms with van der Waals surface area (Å²) < 4.78 is 11.7. The van der Waals surface area contributed by atoms with Gasteiger partial charge in [-0.1, -0.05) is 42.8 Å². The van der Waals surface area contributed by atoms with Gasteiger partial charge >= 0.3 is 5.97 Å². The zero-order chi connectivity index (χ0) is 27.8. The van der Waals surface area contributed by atoms with Crippen molar-refractivity contribution in [1.82, 2.24) is 10.3 Å². The lowest BCUT2D eigenvalue weighted by molar-refractivity contribution is -0.145. The molecule has 1 heterocycles. The van der Waals surface area contributed by atoms with Crippen LogP contribution in [-0.2, 0) is 11.2 Å². The highest BCUT2D eigenvalue weighted by molar-refractivity contribution is 6.30. The lowest BCUT2D eigenvalue weighted by Crippen LogP contribution is -2.37. The van der Waals surface area contributed by atoms with Gasteiger partial charge in [-0.05, 0) is 66.4 Å². The van der Waals surface area contributed by atoms with E-state index in [0.717, 1.165) is 10.9 Å². The van der Waals surface area contributed by atoms with Crippen molar-refractivity contribution in [1.29, 1.82) is 0 Å². The fourth-order valence-corrected chi connectivity index (χ4v) is 4.35. The van der Waals surface area contributed by atoms with Gasteiger partial charge in [0.2, 0.25) is 0 Å². The number of aromatic nitrogens is 1. The molecule has 1 unspecified atom stereocenters. The number of rotatable bonds is 13. The number of halogens is 3. The molecule has 4 aromatic rings. The molecule has 220 valence electrons. The van der Waals surface area contributed by atoms with Crippen molar-refractivity contribution in [2.45, 2.75) is 38.0 Å². The minimum absolute atomic E-state index is 0. The van der Waals surface area contributed by atoms with Gasteiger partial charge in [-0.3, -0.25) is 4.98 Å². The number of aliphatic carboxylic acids is 1. The molecule has 11 heteroatoms. The van der Waals surface area contributed by atoms with Crippen LogP contribution in [0.1, 0.15) is 30.6 Å². The lowest BCUT2D eigenvalue weighted by Gasteiger charge is -2.19. The topological polar surface area (TPSA) is 121 Å². The Morgan fingerprint density at radius 2 is 1.76 bits per heavy atom. The van der Waals surface area contributed by atoms with Crippen LogP contribution in [0.2, 0.25) is 5.02 Å². The minimum atomic E-state index is -1.01. The van der Waals surface area contributed by atoms with Gasteiger partial charge in [0.1, 0.15) is 17.2 Å². The van der Waals surface area contributed by atoms with Gasteiger partial charge in [0, 0.05) is 35.3 Å². The molecule has 3 aromatic carbocycles. The summed E-state index contributed by atoms with van der Waals surface area (Å²) in [4.78, 5) is 15.7. The zero-order valence-electron chi connectivity index (χ0n) is 22.3. The molecule has 4 N–H and O–H groups in total. The summed E-state index contributed by atoms with van der Waals surface area (Å²) in [6.07, 6.45) is 0.875. The molecule has 0 aliphatic rings. The number of hydrogen-bond acceptors (Lipinski definition) is 7. The van der Waals surface area contributed by atoms with Crippen molar-refractivity contribution in [2.24, 2.45) is 0 Å². The van der Waals surface area contributed by atoms with Crippen molar-refractivity contribution >= 4 is 53.3 Å². The summed E-state index contributed by atoms with van der Waals surface area (Å²) >= 11 is 6.01. The van der Waals surface area contributed by atoms with E-state index in [-0.39, 0.29) is 44.0 Å². The van der Waals surface area contributed by atoms with Gasteiger partial charge in [-0.2, -0.15) is 0 Å². The first-order chi connectivity index (χ1) is 18.9. The van der Waals surface area contributed by atoms with Gasteiger partial charge in [-0.15, -0.1) is 24.8 Å². The summed E-state index contributed by atoms with van der Waals surface area (Å²) in [6.45, 7) is 1.95. The molecule has 1 aromatic heterocycles. The Balaban J connectivity index is 0.00000294. The highest BCUT2D eigenvalue weighted by Crippen LogP contribution is 2.31. The fraction of sp³-hybridized carbons (Fsp3) is 0.267. The number of benzene rings is 3. The van der Waals surface area contributed by atoms with E-state index < -0.39 is 18.2 Å². The molecule has 41 heavy (non-hydrogen) atoms. The average Bonchev–Trinajstić information content (AvgIpc) is 2.94. The van der Waals surface area contributed by atoms with E-state index in [9.17, 15) is 20.1 Å². The molecule has 0 spiro atoms. The molecule has 8 nitrogen and oxygen atoms in total. The highest BCUT2D eigenvalue weighted by Gasteiger charge is 2.17. The number of nitrogens with zero attached hydrogens (tertiary/aromatic N) is 1. The van der Waals surface area contributed by atoms with Crippen molar-refractivity contribution in [3.8, 4) is 17.2 Å². The second kappa shape index (κ2) is 16.4. The Morgan fingerprint density at radius 1 is 1.02 bits per heavy atom. The van der Waals surface area contributed by atoms with Crippen molar-refractivity contribution in [3.63, 3.8) is 0 Å². The highest BCUT2D eigenvalue weighted by atomic mass is 35.5. The van der Waals surface area contributed by atoms with Crippen LogP contribution in [0.3, 0.4) is 0 Å². The Morgan fingerprint density at radius 3 is 2.41 bits per heavy atom. The molecule has 0 radical (unpaired) electrons. The molecular formula is C30H33Cl3N2O6.